The number of aromatic nitrogens is 3. The second-order valence-electron chi connectivity index (χ2n) is 4.97. The van der Waals surface area contributed by atoms with Gasteiger partial charge in [0, 0.05) is 25.2 Å². The third kappa shape index (κ3) is 3.09. The standard InChI is InChI=1S/C14H17N5O2/c15-14(20)13-12(16-18-17-13)11-3-1-10(2-4-11)9-19-5-7-21-8-6-19/h1-4H,5-9H2,(H2,15,20)(H,16,17,18). The van der Waals surface area contributed by atoms with Crippen molar-refractivity contribution in [2.75, 3.05) is 26.3 Å². The number of morpholine rings is 1. The predicted octanol–water partition coefficient (Wildman–Crippen LogP) is 0.403. The number of hydrogen-bond acceptors (Lipinski definition) is 5. The lowest BCUT2D eigenvalue weighted by molar-refractivity contribution is 0.0342. The van der Waals surface area contributed by atoms with Crippen LogP contribution in [-0.2, 0) is 11.3 Å². The molecule has 110 valence electrons. The molecule has 1 saturated heterocycles. The highest BCUT2D eigenvalue weighted by molar-refractivity contribution is 5.96. The summed E-state index contributed by atoms with van der Waals surface area (Å²) in [5.41, 5.74) is 7.95. The Morgan fingerprint density at radius 3 is 2.62 bits per heavy atom. The molecule has 1 aromatic carbocycles. The van der Waals surface area contributed by atoms with Crippen molar-refractivity contribution in [1.82, 2.24) is 20.3 Å². The van der Waals surface area contributed by atoms with Gasteiger partial charge in [-0.05, 0) is 5.56 Å². The van der Waals surface area contributed by atoms with Gasteiger partial charge in [0.2, 0.25) is 0 Å². The molecule has 2 aromatic rings. The van der Waals surface area contributed by atoms with Gasteiger partial charge in [-0.3, -0.25) is 9.69 Å². The van der Waals surface area contributed by atoms with Gasteiger partial charge in [-0.25, -0.2) is 0 Å². The van der Waals surface area contributed by atoms with E-state index < -0.39 is 5.91 Å². The fraction of sp³-hybridized carbons (Fsp3) is 0.357. The Morgan fingerprint density at radius 2 is 1.95 bits per heavy atom. The number of rotatable bonds is 4. The summed E-state index contributed by atoms with van der Waals surface area (Å²) in [4.78, 5) is 13.6. The Labute approximate surface area is 122 Å². The summed E-state index contributed by atoms with van der Waals surface area (Å²) in [6.07, 6.45) is 0. The highest BCUT2D eigenvalue weighted by Crippen LogP contribution is 2.20. The van der Waals surface area contributed by atoms with Crippen molar-refractivity contribution < 1.29 is 9.53 Å². The van der Waals surface area contributed by atoms with E-state index in [0.29, 0.717) is 5.69 Å². The third-order valence-corrected chi connectivity index (χ3v) is 3.52. The minimum atomic E-state index is -0.587. The first kappa shape index (κ1) is 13.7. The number of benzene rings is 1. The summed E-state index contributed by atoms with van der Waals surface area (Å²) in [6, 6.07) is 7.93. The maximum absolute atomic E-state index is 11.3. The van der Waals surface area contributed by atoms with Crippen molar-refractivity contribution in [1.29, 1.82) is 0 Å². The van der Waals surface area contributed by atoms with Crippen molar-refractivity contribution >= 4 is 5.91 Å². The molecule has 1 amide bonds. The Hall–Kier alpha value is -2.25. The van der Waals surface area contributed by atoms with E-state index in [1.54, 1.807) is 0 Å². The number of ether oxygens (including phenoxy) is 1. The molecule has 1 aliphatic heterocycles. The molecule has 7 heteroatoms. The van der Waals surface area contributed by atoms with E-state index in [9.17, 15) is 4.79 Å². The monoisotopic (exact) mass is 287 g/mol. The van der Waals surface area contributed by atoms with Gasteiger partial charge in [0.25, 0.3) is 5.91 Å². The van der Waals surface area contributed by atoms with Crippen molar-refractivity contribution in [2.45, 2.75) is 6.54 Å². The second-order valence-corrected chi connectivity index (χ2v) is 4.97. The number of aromatic amines is 1. The molecule has 0 atom stereocenters. The molecule has 0 aliphatic carbocycles. The lowest BCUT2D eigenvalue weighted by atomic mass is 10.1. The maximum atomic E-state index is 11.3. The van der Waals surface area contributed by atoms with Gasteiger partial charge in [-0.1, -0.05) is 24.3 Å². The predicted molar refractivity (Wildman–Crippen MR) is 76.4 cm³/mol. The summed E-state index contributed by atoms with van der Waals surface area (Å²) in [6.45, 7) is 4.39. The lowest BCUT2D eigenvalue weighted by Crippen LogP contribution is -2.35. The highest BCUT2D eigenvalue weighted by atomic mass is 16.5. The zero-order valence-electron chi connectivity index (χ0n) is 11.6. The fourth-order valence-corrected chi connectivity index (χ4v) is 2.39. The Bertz CT molecular complexity index is 617. The van der Waals surface area contributed by atoms with Gasteiger partial charge in [-0.15, -0.1) is 0 Å². The first-order valence-electron chi connectivity index (χ1n) is 6.84. The molecule has 0 spiro atoms. The van der Waals surface area contributed by atoms with E-state index in [1.165, 1.54) is 5.56 Å². The normalized spacial score (nSPS) is 16.0. The number of primary amides is 1. The molecule has 1 aliphatic rings. The van der Waals surface area contributed by atoms with Gasteiger partial charge in [-0.2, -0.15) is 15.4 Å². The molecule has 3 N–H and O–H groups in total. The number of hydrogen-bond donors (Lipinski definition) is 2. The average molecular weight is 287 g/mol. The van der Waals surface area contributed by atoms with Crippen molar-refractivity contribution in [3.05, 3.63) is 35.5 Å². The number of amides is 1. The van der Waals surface area contributed by atoms with Crippen LogP contribution >= 0.6 is 0 Å². The molecule has 0 radical (unpaired) electrons. The SMILES string of the molecule is NC(=O)c1n[nH]nc1-c1ccc(CN2CCOCC2)cc1. The number of carbonyl (C=O) groups excluding carboxylic acids is 1. The van der Waals surface area contributed by atoms with E-state index in [0.717, 1.165) is 38.4 Å². The number of nitrogens with two attached hydrogens (primary N) is 1. The molecule has 0 bridgehead atoms. The summed E-state index contributed by atoms with van der Waals surface area (Å²) >= 11 is 0. The summed E-state index contributed by atoms with van der Waals surface area (Å²) in [5, 5.41) is 10.2. The summed E-state index contributed by atoms with van der Waals surface area (Å²) in [7, 11) is 0. The van der Waals surface area contributed by atoms with Gasteiger partial charge in [0.15, 0.2) is 5.69 Å². The van der Waals surface area contributed by atoms with Crippen LogP contribution in [0.1, 0.15) is 16.1 Å². The van der Waals surface area contributed by atoms with Crippen LogP contribution in [0.25, 0.3) is 11.3 Å². The Kier molecular flexibility index (Phi) is 3.94. The van der Waals surface area contributed by atoms with Crippen LogP contribution < -0.4 is 5.73 Å². The Morgan fingerprint density at radius 1 is 1.24 bits per heavy atom. The molecular weight excluding hydrogens is 270 g/mol. The molecule has 1 fully saturated rings. The molecule has 2 heterocycles. The molecule has 3 rings (SSSR count). The van der Waals surface area contributed by atoms with E-state index in [1.807, 2.05) is 24.3 Å². The first-order chi connectivity index (χ1) is 10.2. The molecule has 21 heavy (non-hydrogen) atoms. The molecule has 7 nitrogen and oxygen atoms in total. The number of carbonyl (C=O) groups is 1. The fourth-order valence-electron chi connectivity index (χ4n) is 2.39. The van der Waals surface area contributed by atoms with Gasteiger partial charge in [0.05, 0.1) is 13.2 Å². The van der Waals surface area contributed by atoms with Gasteiger partial charge in [0.1, 0.15) is 5.69 Å². The summed E-state index contributed by atoms with van der Waals surface area (Å²) in [5.74, 6) is -0.587. The van der Waals surface area contributed by atoms with Crippen LogP contribution in [0.3, 0.4) is 0 Å². The largest absolute Gasteiger partial charge is 0.379 e. The second kappa shape index (κ2) is 6.02. The smallest absolute Gasteiger partial charge is 0.271 e. The Balaban J connectivity index is 1.74. The minimum absolute atomic E-state index is 0.163. The molecule has 0 unspecified atom stereocenters. The van der Waals surface area contributed by atoms with Crippen LogP contribution in [0.15, 0.2) is 24.3 Å². The van der Waals surface area contributed by atoms with E-state index >= 15 is 0 Å². The van der Waals surface area contributed by atoms with Crippen LogP contribution in [0.5, 0.6) is 0 Å². The van der Waals surface area contributed by atoms with Crippen LogP contribution in [0.2, 0.25) is 0 Å². The van der Waals surface area contributed by atoms with Gasteiger partial charge < -0.3 is 10.5 Å². The van der Waals surface area contributed by atoms with Crippen molar-refractivity contribution in [2.24, 2.45) is 5.73 Å². The molecular formula is C14H17N5O2. The van der Waals surface area contributed by atoms with E-state index in [-0.39, 0.29) is 5.69 Å². The van der Waals surface area contributed by atoms with Crippen LogP contribution in [0.4, 0.5) is 0 Å². The highest BCUT2D eigenvalue weighted by Gasteiger charge is 2.15. The first-order valence-corrected chi connectivity index (χ1v) is 6.84. The minimum Gasteiger partial charge on any atom is -0.379 e. The zero-order valence-corrected chi connectivity index (χ0v) is 11.6. The van der Waals surface area contributed by atoms with Crippen molar-refractivity contribution in [3.8, 4) is 11.3 Å². The number of nitrogens with one attached hydrogen (secondary N) is 1. The van der Waals surface area contributed by atoms with Gasteiger partial charge >= 0.3 is 0 Å². The zero-order chi connectivity index (χ0) is 14.7. The van der Waals surface area contributed by atoms with Crippen molar-refractivity contribution in [3.63, 3.8) is 0 Å². The van der Waals surface area contributed by atoms with E-state index in [4.69, 9.17) is 10.5 Å². The number of nitrogens with zero attached hydrogens (tertiary/aromatic N) is 3. The third-order valence-electron chi connectivity index (χ3n) is 3.52. The van der Waals surface area contributed by atoms with Crippen LogP contribution in [-0.4, -0.2) is 52.5 Å². The van der Waals surface area contributed by atoms with Crippen LogP contribution in [0, 0.1) is 0 Å². The topological polar surface area (TPSA) is 97.1 Å². The quantitative estimate of drug-likeness (QED) is 0.848. The van der Waals surface area contributed by atoms with E-state index in [2.05, 4.69) is 20.3 Å². The molecule has 1 aromatic heterocycles. The maximum Gasteiger partial charge on any atom is 0.271 e. The lowest BCUT2D eigenvalue weighted by Gasteiger charge is -2.26. The molecule has 0 saturated carbocycles. The summed E-state index contributed by atoms with van der Waals surface area (Å²) < 4.78 is 5.34. The average Bonchev–Trinajstić information content (AvgIpc) is 2.99. The number of H-pyrrole nitrogens is 1.